The van der Waals surface area contributed by atoms with Gasteiger partial charge in [0.05, 0.1) is 5.56 Å². The lowest BCUT2D eigenvalue weighted by Gasteiger charge is -2.10. The van der Waals surface area contributed by atoms with Gasteiger partial charge in [-0.05, 0) is 5.39 Å². The summed E-state index contributed by atoms with van der Waals surface area (Å²) in [5.74, 6) is -2.87. The highest BCUT2D eigenvalue weighted by Gasteiger charge is 2.22. The van der Waals surface area contributed by atoms with Crippen LogP contribution >= 0.6 is 0 Å². The van der Waals surface area contributed by atoms with Crippen molar-refractivity contribution in [2.24, 2.45) is 0 Å². The number of carbonyl (C=O) groups excluding carboxylic acids is 1. The van der Waals surface area contributed by atoms with Crippen LogP contribution in [0.2, 0.25) is 0 Å². The fourth-order valence-electron chi connectivity index (χ4n) is 1.77. The second kappa shape index (κ2) is 3.79. The van der Waals surface area contributed by atoms with Crippen LogP contribution in [-0.4, -0.2) is 27.6 Å². The predicted octanol–water partition coefficient (Wildman–Crippen LogP) is 1.76. The van der Waals surface area contributed by atoms with Gasteiger partial charge in [-0.2, -0.15) is 0 Å². The van der Waals surface area contributed by atoms with E-state index in [0.717, 1.165) is 0 Å². The second-order valence-corrected chi connectivity index (χ2v) is 3.45. The average Bonchev–Trinajstić information content (AvgIpc) is 2.30. The Balaban J connectivity index is 3.06. The molecule has 0 radical (unpaired) electrons. The number of rotatable bonds is 2. The van der Waals surface area contributed by atoms with Crippen molar-refractivity contribution in [2.75, 3.05) is 0 Å². The topological polar surface area (TPSA) is 94.8 Å². The van der Waals surface area contributed by atoms with Crippen LogP contribution in [0.3, 0.4) is 0 Å². The molecule has 5 heteroatoms. The molecule has 3 N–H and O–H groups in total. The van der Waals surface area contributed by atoms with E-state index in [1.165, 1.54) is 12.1 Å². The van der Waals surface area contributed by atoms with Crippen LogP contribution in [0.5, 0.6) is 11.5 Å². The zero-order valence-electron chi connectivity index (χ0n) is 8.54. The lowest BCUT2D eigenvalue weighted by Crippen LogP contribution is -2.00. The summed E-state index contributed by atoms with van der Waals surface area (Å²) in [6, 6.07) is 6.16. The number of phenolic OH excluding ortho intramolecular Hbond substituents is 1. The van der Waals surface area contributed by atoms with Crippen molar-refractivity contribution < 1.29 is 24.9 Å². The first-order valence-electron chi connectivity index (χ1n) is 4.73. The molecule has 5 nitrogen and oxygen atoms in total. The Bertz CT molecular complexity index is 630. The minimum Gasteiger partial charge on any atom is -0.504 e. The van der Waals surface area contributed by atoms with E-state index in [1.54, 1.807) is 12.1 Å². The SMILES string of the molecule is O=Cc1c(O)c(O)c(C(=O)O)c2ccccc12. The molecular formula is C12H8O5. The van der Waals surface area contributed by atoms with Crippen LogP contribution in [0.25, 0.3) is 10.8 Å². The molecule has 2 aromatic rings. The summed E-state index contributed by atoms with van der Waals surface area (Å²) >= 11 is 0. The summed E-state index contributed by atoms with van der Waals surface area (Å²) in [6.07, 6.45) is 0.378. The molecule has 0 bridgehead atoms. The molecule has 0 heterocycles. The number of carbonyl (C=O) groups is 2. The van der Waals surface area contributed by atoms with Crippen LogP contribution in [0.4, 0.5) is 0 Å². The highest BCUT2D eigenvalue weighted by Crippen LogP contribution is 2.39. The second-order valence-electron chi connectivity index (χ2n) is 3.45. The van der Waals surface area contributed by atoms with Gasteiger partial charge in [0, 0.05) is 5.39 Å². The third kappa shape index (κ3) is 1.48. The lowest BCUT2D eigenvalue weighted by molar-refractivity contribution is 0.0695. The number of carboxylic acids is 1. The summed E-state index contributed by atoms with van der Waals surface area (Å²) in [7, 11) is 0. The number of phenols is 2. The van der Waals surface area contributed by atoms with Crippen LogP contribution in [0.1, 0.15) is 20.7 Å². The number of carboxylic acid groups (broad SMARTS) is 1. The number of fused-ring (bicyclic) bond motifs is 1. The molecule has 0 unspecified atom stereocenters. The highest BCUT2D eigenvalue weighted by molar-refractivity contribution is 6.12. The van der Waals surface area contributed by atoms with Gasteiger partial charge in [0.25, 0.3) is 0 Å². The molecule has 0 fully saturated rings. The van der Waals surface area contributed by atoms with Gasteiger partial charge in [-0.3, -0.25) is 4.79 Å². The minimum atomic E-state index is -1.37. The van der Waals surface area contributed by atoms with Crippen molar-refractivity contribution in [2.45, 2.75) is 0 Å². The molecule has 2 aromatic carbocycles. The number of aromatic hydroxyl groups is 2. The quantitative estimate of drug-likeness (QED) is 0.541. The molecule has 0 aromatic heterocycles. The summed E-state index contributed by atoms with van der Waals surface area (Å²) in [5, 5.41) is 28.7. The van der Waals surface area contributed by atoms with Gasteiger partial charge in [-0.25, -0.2) is 4.79 Å². The monoisotopic (exact) mass is 232 g/mol. The molecule has 17 heavy (non-hydrogen) atoms. The lowest BCUT2D eigenvalue weighted by atomic mass is 9.98. The van der Waals surface area contributed by atoms with Crippen LogP contribution in [0, 0.1) is 0 Å². The maximum absolute atomic E-state index is 11.0. The molecule has 86 valence electrons. The number of aldehydes is 1. The molecule has 0 aliphatic rings. The first-order chi connectivity index (χ1) is 8.07. The number of aromatic carboxylic acids is 1. The van der Waals surface area contributed by atoms with E-state index in [-0.39, 0.29) is 16.3 Å². The zero-order chi connectivity index (χ0) is 12.6. The van der Waals surface area contributed by atoms with E-state index < -0.39 is 23.0 Å². The Morgan fingerprint density at radius 1 is 1.06 bits per heavy atom. The van der Waals surface area contributed by atoms with Gasteiger partial charge in [-0.15, -0.1) is 0 Å². The van der Waals surface area contributed by atoms with Gasteiger partial charge in [0.15, 0.2) is 17.8 Å². The van der Waals surface area contributed by atoms with E-state index in [4.69, 9.17) is 5.11 Å². The molecule has 0 saturated carbocycles. The van der Waals surface area contributed by atoms with E-state index in [2.05, 4.69) is 0 Å². The third-order valence-corrected chi connectivity index (χ3v) is 2.53. The Hall–Kier alpha value is -2.56. The largest absolute Gasteiger partial charge is 0.504 e. The predicted molar refractivity (Wildman–Crippen MR) is 59.6 cm³/mol. The number of benzene rings is 2. The van der Waals surface area contributed by atoms with Gasteiger partial charge < -0.3 is 15.3 Å². The van der Waals surface area contributed by atoms with Crippen LogP contribution < -0.4 is 0 Å². The van der Waals surface area contributed by atoms with Crippen molar-refractivity contribution in [3.8, 4) is 11.5 Å². The number of hydrogen-bond acceptors (Lipinski definition) is 4. The molecule has 0 atom stereocenters. The van der Waals surface area contributed by atoms with Gasteiger partial charge in [0.1, 0.15) is 5.56 Å². The van der Waals surface area contributed by atoms with Crippen LogP contribution in [-0.2, 0) is 0 Å². The average molecular weight is 232 g/mol. The van der Waals surface area contributed by atoms with E-state index in [9.17, 15) is 19.8 Å². The first kappa shape index (κ1) is 10.9. The Morgan fingerprint density at radius 2 is 1.65 bits per heavy atom. The summed E-state index contributed by atoms with van der Waals surface area (Å²) in [4.78, 5) is 21.9. The molecule has 0 amide bonds. The molecule has 0 spiro atoms. The summed E-state index contributed by atoms with van der Waals surface area (Å²) in [6.45, 7) is 0. The normalized spacial score (nSPS) is 10.4. The standard InChI is InChI=1S/C12H8O5/c13-5-8-6-3-1-2-4-7(6)9(12(16)17)11(15)10(8)14/h1-5,14-15H,(H,16,17). The fourth-order valence-corrected chi connectivity index (χ4v) is 1.77. The van der Waals surface area contributed by atoms with Crippen molar-refractivity contribution in [3.63, 3.8) is 0 Å². The number of hydrogen-bond donors (Lipinski definition) is 3. The molecule has 0 aliphatic heterocycles. The smallest absolute Gasteiger partial charge is 0.340 e. The van der Waals surface area contributed by atoms with Crippen molar-refractivity contribution in [1.29, 1.82) is 0 Å². The van der Waals surface area contributed by atoms with Crippen LogP contribution in [0.15, 0.2) is 24.3 Å². The van der Waals surface area contributed by atoms with Crippen molar-refractivity contribution in [3.05, 3.63) is 35.4 Å². The van der Waals surface area contributed by atoms with Gasteiger partial charge in [-0.1, -0.05) is 24.3 Å². The summed E-state index contributed by atoms with van der Waals surface area (Å²) in [5.41, 5.74) is -0.535. The maximum atomic E-state index is 11.0. The van der Waals surface area contributed by atoms with Gasteiger partial charge >= 0.3 is 5.97 Å². The Kier molecular flexibility index (Phi) is 2.44. The highest BCUT2D eigenvalue weighted by atomic mass is 16.4. The third-order valence-electron chi connectivity index (χ3n) is 2.53. The summed E-state index contributed by atoms with van der Waals surface area (Å²) < 4.78 is 0. The molecule has 2 rings (SSSR count). The molecule has 0 aliphatic carbocycles. The van der Waals surface area contributed by atoms with Crippen molar-refractivity contribution in [1.82, 2.24) is 0 Å². The van der Waals surface area contributed by atoms with E-state index >= 15 is 0 Å². The molecule has 0 saturated heterocycles. The Morgan fingerprint density at radius 3 is 2.18 bits per heavy atom. The Labute approximate surface area is 95.5 Å². The maximum Gasteiger partial charge on any atom is 0.340 e. The zero-order valence-corrected chi connectivity index (χ0v) is 8.54. The van der Waals surface area contributed by atoms with Gasteiger partial charge in [0.2, 0.25) is 0 Å². The van der Waals surface area contributed by atoms with Crippen molar-refractivity contribution >= 4 is 23.0 Å². The van der Waals surface area contributed by atoms with E-state index in [1.807, 2.05) is 0 Å². The van der Waals surface area contributed by atoms with E-state index in [0.29, 0.717) is 6.29 Å². The first-order valence-corrected chi connectivity index (χ1v) is 4.73. The fraction of sp³-hybridized carbons (Fsp3) is 0. The minimum absolute atomic E-state index is 0.122. The molecular weight excluding hydrogens is 224 g/mol.